The summed E-state index contributed by atoms with van der Waals surface area (Å²) >= 11 is 0. The number of ether oxygens (including phenoxy) is 1. The van der Waals surface area contributed by atoms with Crippen LogP contribution in [0.15, 0.2) is 12.4 Å². The van der Waals surface area contributed by atoms with Crippen LogP contribution < -0.4 is 10.2 Å². The SMILES string of the molecule is O=C1CCCN1c1cnc(N[C@@H]2C[C@@H](O)C23CCOCC3)cn1. The number of nitrogens with one attached hydrogen (secondary N) is 1. The first-order chi connectivity index (χ1) is 11.2. The molecule has 7 heteroatoms. The fourth-order valence-electron chi connectivity index (χ4n) is 4.00. The molecular weight excluding hydrogens is 296 g/mol. The van der Waals surface area contributed by atoms with Crippen molar-refractivity contribution in [3.63, 3.8) is 0 Å². The highest BCUT2D eigenvalue weighted by molar-refractivity contribution is 5.94. The minimum absolute atomic E-state index is 0.0937. The molecule has 0 radical (unpaired) electrons. The zero-order chi connectivity index (χ0) is 15.9. The maximum atomic E-state index is 11.7. The van der Waals surface area contributed by atoms with Crippen LogP contribution in [-0.2, 0) is 9.53 Å². The van der Waals surface area contributed by atoms with Gasteiger partial charge in [-0.2, -0.15) is 0 Å². The van der Waals surface area contributed by atoms with Crippen LogP contribution in [0.2, 0.25) is 0 Å². The van der Waals surface area contributed by atoms with Gasteiger partial charge in [-0.3, -0.25) is 9.69 Å². The van der Waals surface area contributed by atoms with Crippen LogP contribution in [0.3, 0.4) is 0 Å². The number of hydrogen-bond donors (Lipinski definition) is 2. The van der Waals surface area contributed by atoms with Crippen molar-refractivity contribution >= 4 is 17.5 Å². The third-order valence-corrected chi connectivity index (χ3v) is 5.55. The summed E-state index contributed by atoms with van der Waals surface area (Å²) in [6.07, 6.45) is 7.01. The first kappa shape index (κ1) is 14.8. The van der Waals surface area contributed by atoms with Crippen molar-refractivity contribution in [2.75, 3.05) is 30.0 Å². The Labute approximate surface area is 135 Å². The fraction of sp³-hybridized carbons (Fsp3) is 0.688. The third-order valence-electron chi connectivity index (χ3n) is 5.55. The largest absolute Gasteiger partial charge is 0.392 e. The van der Waals surface area contributed by atoms with Crippen LogP contribution in [0.25, 0.3) is 0 Å². The van der Waals surface area contributed by atoms with E-state index in [1.807, 2.05) is 0 Å². The zero-order valence-electron chi connectivity index (χ0n) is 13.1. The Morgan fingerprint density at radius 1 is 1.30 bits per heavy atom. The number of carbonyl (C=O) groups is 1. The van der Waals surface area contributed by atoms with E-state index in [-0.39, 0.29) is 23.5 Å². The monoisotopic (exact) mass is 318 g/mol. The summed E-state index contributed by atoms with van der Waals surface area (Å²) in [5.41, 5.74) is -0.0937. The predicted molar refractivity (Wildman–Crippen MR) is 84.1 cm³/mol. The molecular formula is C16H22N4O3. The normalized spacial score (nSPS) is 29.6. The number of rotatable bonds is 3. The van der Waals surface area contributed by atoms with Crippen molar-refractivity contribution in [3.05, 3.63) is 12.4 Å². The first-order valence-corrected chi connectivity index (χ1v) is 8.34. The molecule has 3 aliphatic rings. The lowest BCUT2D eigenvalue weighted by molar-refractivity contribution is -0.133. The second-order valence-corrected chi connectivity index (χ2v) is 6.70. The Morgan fingerprint density at radius 3 is 2.74 bits per heavy atom. The molecule has 7 nitrogen and oxygen atoms in total. The molecule has 0 aromatic carbocycles. The number of amides is 1. The van der Waals surface area contributed by atoms with Crippen LogP contribution in [0.1, 0.15) is 32.1 Å². The summed E-state index contributed by atoms with van der Waals surface area (Å²) in [6.45, 7) is 2.13. The van der Waals surface area contributed by atoms with Crippen LogP contribution >= 0.6 is 0 Å². The number of aromatic nitrogens is 2. The highest BCUT2D eigenvalue weighted by Crippen LogP contribution is 2.50. The molecule has 1 spiro atoms. The van der Waals surface area contributed by atoms with Gasteiger partial charge in [-0.25, -0.2) is 9.97 Å². The van der Waals surface area contributed by atoms with Gasteiger partial charge in [0.25, 0.3) is 0 Å². The van der Waals surface area contributed by atoms with Crippen molar-refractivity contribution in [1.29, 1.82) is 0 Å². The summed E-state index contributed by atoms with van der Waals surface area (Å²) in [5.74, 6) is 1.43. The van der Waals surface area contributed by atoms with Gasteiger partial charge in [0.2, 0.25) is 5.91 Å². The summed E-state index contributed by atoms with van der Waals surface area (Å²) in [4.78, 5) is 22.2. The van der Waals surface area contributed by atoms with E-state index in [9.17, 15) is 9.90 Å². The molecule has 1 aromatic rings. The lowest BCUT2D eigenvalue weighted by Gasteiger charge is -2.55. The second-order valence-electron chi connectivity index (χ2n) is 6.70. The molecule has 1 aromatic heterocycles. The molecule has 1 aliphatic carbocycles. The summed E-state index contributed by atoms with van der Waals surface area (Å²) in [7, 11) is 0. The average molecular weight is 318 g/mol. The van der Waals surface area contributed by atoms with E-state index in [4.69, 9.17) is 4.74 Å². The molecule has 0 unspecified atom stereocenters. The van der Waals surface area contributed by atoms with Gasteiger partial charge in [-0.15, -0.1) is 0 Å². The van der Waals surface area contributed by atoms with Gasteiger partial charge in [-0.05, 0) is 25.7 Å². The predicted octanol–water partition coefficient (Wildman–Crippen LogP) is 0.945. The number of anilines is 2. The molecule has 124 valence electrons. The minimum atomic E-state index is -0.265. The molecule has 23 heavy (non-hydrogen) atoms. The van der Waals surface area contributed by atoms with Crippen LogP contribution in [0, 0.1) is 5.41 Å². The number of carbonyl (C=O) groups excluding carboxylic acids is 1. The smallest absolute Gasteiger partial charge is 0.228 e. The van der Waals surface area contributed by atoms with E-state index >= 15 is 0 Å². The highest BCUT2D eigenvalue weighted by Gasteiger charge is 2.54. The van der Waals surface area contributed by atoms with Gasteiger partial charge in [0.1, 0.15) is 5.82 Å². The average Bonchev–Trinajstić information content (AvgIpc) is 3.02. The van der Waals surface area contributed by atoms with Crippen molar-refractivity contribution in [2.24, 2.45) is 5.41 Å². The Balaban J connectivity index is 1.44. The molecule has 2 atom stereocenters. The van der Waals surface area contributed by atoms with Gasteiger partial charge < -0.3 is 15.2 Å². The van der Waals surface area contributed by atoms with E-state index in [0.717, 1.165) is 32.2 Å². The van der Waals surface area contributed by atoms with Crippen LogP contribution in [0.5, 0.6) is 0 Å². The van der Waals surface area contributed by atoms with E-state index in [0.29, 0.717) is 31.3 Å². The van der Waals surface area contributed by atoms with Crippen molar-refractivity contribution < 1.29 is 14.6 Å². The maximum absolute atomic E-state index is 11.7. The fourth-order valence-corrected chi connectivity index (χ4v) is 4.00. The van der Waals surface area contributed by atoms with Gasteiger partial charge >= 0.3 is 0 Å². The highest BCUT2D eigenvalue weighted by atomic mass is 16.5. The van der Waals surface area contributed by atoms with Crippen molar-refractivity contribution in [2.45, 2.75) is 44.2 Å². The number of hydrogen-bond acceptors (Lipinski definition) is 6. The number of aliphatic hydroxyl groups excluding tert-OH is 1. The standard InChI is InChI=1S/C16H22N4O3/c21-12-8-11(16(12)3-6-23-7-4-16)19-13-9-18-14(10-17-13)20-5-1-2-15(20)22/h9-12,21H,1-8H2,(H,17,19)/t11-,12-/m1/s1. The summed E-state index contributed by atoms with van der Waals surface area (Å²) in [6, 6.07) is 0.204. The quantitative estimate of drug-likeness (QED) is 0.862. The molecule has 4 rings (SSSR count). The molecule has 3 heterocycles. The van der Waals surface area contributed by atoms with Crippen molar-refractivity contribution in [1.82, 2.24) is 9.97 Å². The molecule has 2 saturated heterocycles. The Hall–Kier alpha value is -1.73. The Bertz CT molecular complexity index is 585. The first-order valence-electron chi connectivity index (χ1n) is 8.34. The molecule has 1 saturated carbocycles. The third kappa shape index (κ3) is 2.48. The lowest BCUT2D eigenvalue weighted by Crippen LogP contribution is -2.62. The lowest BCUT2D eigenvalue weighted by atomic mass is 9.58. The Kier molecular flexibility index (Phi) is 3.69. The molecule has 0 bridgehead atoms. The van der Waals surface area contributed by atoms with Gasteiger partial charge in [0, 0.05) is 37.6 Å². The Morgan fingerprint density at radius 2 is 2.13 bits per heavy atom. The van der Waals surface area contributed by atoms with Gasteiger partial charge in [0.05, 0.1) is 18.5 Å². The van der Waals surface area contributed by atoms with E-state index in [1.54, 1.807) is 17.3 Å². The van der Waals surface area contributed by atoms with E-state index in [1.165, 1.54) is 0 Å². The molecule has 2 N–H and O–H groups in total. The molecule has 2 aliphatic heterocycles. The maximum Gasteiger partial charge on any atom is 0.228 e. The summed E-state index contributed by atoms with van der Waals surface area (Å²) in [5, 5.41) is 13.6. The summed E-state index contributed by atoms with van der Waals surface area (Å²) < 4.78 is 5.43. The molecule has 3 fully saturated rings. The van der Waals surface area contributed by atoms with E-state index in [2.05, 4.69) is 15.3 Å². The van der Waals surface area contributed by atoms with E-state index < -0.39 is 0 Å². The van der Waals surface area contributed by atoms with Crippen LogP contribution in [0.4, 0.5) is 11.6 Å². The van der Waals surface area contributed by atoms with Gasteiger partial charge in [0.15, 0.2) is 5.82 Å². The topological polar surface area (TPSA) is 87.6 Å². The minimum Gasteiger partial charge on any atom is -0.392 e. The zero-order valence-corrected chi connectivity index (χ0v) is 13.1. The second kappa shape index (κ2) is 5.72. The number of nitrogens with zero attached hydrogens (tertiary/aromatic N) is 3. The van der Waals surface area contributed by atoms with Crippen molar-refractivity contribution in [3.8, 4) is 0 Å². The molecule has 1 amide bonds. The van der Waals surface area contributed by atoms with Gasteiger partial charge in [-0.1, -0.05) is 0 Å². The van der Waals surface area contributed by atoms with Crippen LogP contribution in [-0.4, -0.2) is 52.9 Å². The number of aliphatic hydroxyl groups is 1.